The Kier molecular flexibility index (Phi) is 4.96. The van der Waals surface area contributed by atoms with Gasteiger partial charge in [-0.05, 0) is 18.1 Å². The summed E-state index contributed by atoms with van der Waals surface area (Å²) in [7, 11) is 0. The molecule has 0 amide bonds. The Morgan fingerprint density at radius 3 is 2.35 bits per heavy atom. The van der Waals surface area contributed by atoms with Crippen LogP contribution >= 0.6 is 11.6 Å². The molecule has 0 aliphatic heterocycles. The van der Waals surface area contributed by atoms with Crippen LogP contribution in [0.25, 0.3) is 0 Å². The van der Waals surface area contributed by atoms with E-state index in [0.717, 1.165) is 29.4 Å². The second-order valence-electron chi connectivity index (χ2n) is 5.21. The first kappa shape index (κ1) is 14.8. The lowest BCUT2D eigenvalue weighted by Crippen LogP contribution is -2.06. The summed E-state index contributed by atoms with van der Waals surface area (Å²) >= 11 is 5.78. The van der Waals surface area contributed by atoms with E-state index in [-0.39, 0.29) is 0 Å². The van der Waals surface area contributed by atoms with E-state index in [1.807, 2.05) is 13.0 Å². The van der Waals surface area contributed by atoms with Gasteiger partial charge < -0.3 is 5.32 Å². The van der Waals surface area contributed by atoms with Crippen LogP contribution < -0.4 is 5.32 Å². The lowest BCUT2D eigenvalue weighted by Gasteiger charge is -2.10. The third kappa shape index (κ3) is 3.94. The number of nitrogens with zero attached hydrogens (tertiary/aromatic N) is 2. The molecule has 2 rings (SSSR count). The van der Waals surface area contributed by atoms with Gasteiger partial charge >= 0.3 is 0 Å². The zero-order valence-electron chi connectivity index (χ0n) is 12.2. The number of halogens is 1. The number of aromatic nitrogens is 2. The molecule has 4 heteroatoms. The first-order valence-electron chi connectivity index (χ1n) is 6.81. The molecule has 0 bridgehead atoms. The van der Waals surface area contributed by atoms with Crippen molar-refractivity contribution in [1.82, 2.24) is 9.97 Å². The fraction of sp³-hybridized carbons (Fsp3) is 0.375. The van der Waals surface area contributed by atoms with Crippen LogP contribution in [-0.4, -0.2) is 9.97 Å². The van der Waals surface area contributed by atoms with Crippen molar-refractivity contribution in [2.24, 2.45) is 0 Å². The van der Waals surface area contributed by atoms with E-state index in [4.69, 9.17) is 11.6 Å². The summed E-state index contributed by atoms with van der Waals surface area (Å²) in [6.45, 7) is 6.94. The second kappa shape index (κ2) is 6.71. The predicted octanol–water partition coefficient (Wildman–Crippen LogP) is 4.26. The molecular formula is C16H20ClN3. The molecule has 106 valence electrons. The molecule has 1 N–H and O–H groups in total. The van der Waals surface area contributed by atoms with Crippen LogP contribution in [0, 0.1) is 6.92 Å². The van der Waals surface area contributed by atoms with Gasteiger partial charge in [0, 0.05) is 30.1 Å². The number of hydrogen-bond donors (Lipinski definition) is 1. The first-order valence-corrected chi connectivity index (χ1v) is 7.35. The van der Waals surface area contributed by atoms with Crippen molar-refractivity contribution < 1.29 is 0 Å². The van der Waals surface area contributed by atoms with E-state index in [1.54, 1.807) is 0 Å². The maximum atomic E-state index is 5.78. The quantitative estimate of drug-likeness (QED) is 0.836. The maximum Gasteiger partial charge on any atom is 0.133 e. The number of rotatable bonds is 5. The van der Waals surface area contributed by atoms with Gasteiger partial charge in [0.05, 0.1) is 0 Å². The summed E-state index contributed by atoms with van der Waals surface area (Å²) in [5, 5.41) is 3.35. The highest BCUT2D eigenvalue weighted by atomic mass is 35.5. The average Bonchev–Trinajstić information content (AvgIpc) is 2.45. The van der Waals surface area contributed by atoms with Gasteiger partial charge in [-0.25, -0.2) is 9.97 Å². The number of anilines is 1. The Morgan fingerprint density at radius 2 is 1.75 bits per heavy atom. The summed E-state index contributed by atoms with van der Waals surface area (Å²) in [5.41, 5.74) is 3.33. The second-order valence-corrected chi connectivity index (χ2v) is 5.48. The summed E-state index contributed by atoms with van der Waals surface area (Å²) in [5.74, 6) is 2.64. The molecule has 1 heterocycles. The maximum absolute atomic E-state index is 5.78. The highest BCUT2D eigenvalue weighted by Gasteiger charge is 2.06. The average molecular weight is 290 g/mol. The van der Waals surface area contributed by atoms with E-state index in [1.165, 1.54) is 5.56 Å². The number of hydrogen-bond acceptors (Lipinski definition) is 3. The molecule has 0 spiro atoms. The highest BCUT2D eigenvalue weighted by Crippen LogP contribution is 2.15. The fourth-order valence-corrected chi connectivity index (χ4v) is 2.06. The number of aryl methyl sites for hydroxylation is 1. The van der Waals surface area contributed by atoms with Crippen LogP contribution in [0.3, 0.4) is 0 Å². The number of alkyl halides is 1. The molecule has 1 aromatic heterocycles. The minimum Gasteiger partial charge on any atom is -0.366 e. The monoisotopic (exact) mass is 289 g/mol. The topological polar surface area (TPSA) is 37.8 Å². The smallest absolute Gasteiger partial charge is 0.133 e. The third-order valence-corrected chi connectivity index (χ3v) is 3.35. The van der Waals surface area contributed by atoms with E-state index >= 15 is 0 Å². The predicted molar refractivity (Wildman–Crippen MR) is 84.2 cm³/mol. The Labute approximate surface area is 125 Å². The Morgan fingerprint density at radius 1 is 1.10 bits per heavy atom. The summed E-state index contributed by atoms with van der Waals surface area (Å²) < 4.78 is 0. The van der Waals surface area contributed by atoms with Crippen molar-refractivity contribution in [3.8, 4) is 0 Å². The van der Waals surface area contributed by atoms with Crippen LogP contribution in [0.5, 0.6) is 0 Å². The van der Waals surface area contributed by atoms with E-state index in [0.29, 0.717) is 11.8 Å². The minimum atomic E-state index is 0.332. The van der Waals surface area contributed by atoms with Crippen LogP contribution in [-0.2, 0) is 12.4 Å². The third-order valence-electron chi connectivity index (χ3n) is 3.04. The van der Waals surface area contributed by atoms with Gasteiger partial charge in [-0.1, -0.05) is 38.1 Å². The molecule has 1 aromatic carbocycles. The highest BCUT2D eigenvalue weighted by molar-refractivity contribution is 6.17. The molecule has 0 aliphatic rings. The van der Waals surface area contributed by atoms with Gasteiger partial charge in [0.15, 0.2) is 0 Å². The van der Waals surface area contributed by atoms with Gasteiger partial charge in [0.2, 0.25) is 0 Å². The fourth-order valence-electron chi connectivity index (χ4n) is 1.88. The van der Waals surface area contributed by atoms with E-state index < -0.39 is 0 Å². The Hall–Kier alpha value is -1.61. The Bertz CT molecular complexity index is 564. The van der Waals surface area contributed by atoms with E-state index in [9.17, 15) is 0 Å². The van der Waals surface area contributed by atoms with Crippen molar-refractivity contribution >= 4 is 17.4 Å². The summed E-state index contributed by atoms with van der Waals surface area (Å²) in [6.07, 6.45) is 0. The first-order chi connectivity index (χ1) is 9.58. The van der Waals surface area contributed by atoms with Gasteiger partial charge in [0.1, 0.15) is 11.6 Å². The van der Waals surface area contributed by atoms with Crippen LogP contribution in [0.15, 0.2) is 30.3 Å². The molecule has 3 nitrogen and oxygen atoms in total. The van der Waals surface area contributed by atoms with Crippen LogP contribution in [0.1, 0.15) is 42.4 Å². The largest absolute Gasteiger partial charge is 0.366 e. The molecule has 2 aromatic rings. The molecule has 0 fully saturated rings. The molecule has 0 unspecified atom stereocenters. The minimum absolute atomic E-state index is 0.332. The van der Waals surface area contributed by atoms with Crippen molar-refractivity contribution in [3.63, 3.8) is 0 Å². The molecule has 0 saturated carbocycles. The van der Waals surface area contributed by atoms with Crippen molar-refractivity contribution in [2.45, 2.75) is 39.1 Å². The van der Waals surface area contributed by atoms with Crippen LogP contribution in [0.4, 0.5) is 5.82 Å². The van der Waals surface area contributed by atoms with Gasteiger partial charge in [-0.3, -0.25) is 0 Å². The lowest BCUT2D eigenvalue weighted by atomic mass is 10.1. The molecule has 0 radical (unpaired) electrons. The SMILES string of the molecule is Cc1cc(NCc2ccc(CCl)cc2)nc(C(C)C)n1. The van der Waals surface area contributed by atoms with Crippen molar-refractivity contribution in [1.29, 1.82) is 0 Å². The number of benzene rings is 1. The van der Waals surface area contributed by atoms with E-state index in [2.05, 4.69) is 53.4 Å². The zero-order chi connectivity index (χ0) is 14.5. The summed E-state index contributed by atoms with van der Waals surface area (Å²) in [6, 6.07) is 10.2. The molecule has 0 saturated heterocycles. The van der Waals surface area contributed by atoms with Gasteiger partial charge in [0.25, 0.3) is 0 Å². The van der Waals surface area contributed by atoms with Gasteiger partial charge in [-0.15, -0.1) is 11.6 Å². The molecule has 0 atom stereocenters. The van der Waals surface area contributed by atoms with Crippen molar-refractivity contribution in [3.05, 3.63) is 53.0 Å². The normalized spacial score (nSPS) is 10.8. The number of nitrogens with one attached hydrogen (secondary N) is 1. The summed E-state index contributed by atoms with van der Waals surface area (Å²) in [4.78, 5) is 8.98. The zero-order valence-corrected chi connectivity index (χ0v) is 12.9. The molecule has 20 heavy (non-hydrogen) atoms. The molecule has 0 aliphatic carbocycles. The lowest BCUT2D eigenvalue weighted by molar-refractivity contribution is 0.766. The van der Waals surface area contributed by atoms with Crippen molar-refractivity contribution in [2.75, 3.05) is 5.32 Å². The van der Waals surface area contributed by atoms with Crippen LogP contribution in [0.2, 0.25) is 0 Å². The standard InChI is InChI=1S/C16H20ClN3/c1-11(2)16-19-12(3)8-15(20-16)18-10-14-6-4-13(9-17)5-7-14/h4-8,11H,9-10H2,1-3H3,(H,18,19,20). The molecular weight excluding hydrogens is 270 g/mol. The Balaban J connectivity index is 2.06. The van der Waals surface area contributed by atoms with Gasteiger partial charge in [-0.2, -0.15) is 0 Å².